The molecule has 0 aliphatic heterocycles. The highest BCUT2D eigenvalue weighted by Crippen LogP contribution is 2.30. The molecule has 2 aromatic heterocycles. The summed E-state index contributed by atoms with van der Waals surface area (Å²) in [5.41, 5.74) is 17.7. The number of hydrogen-bond acceptors (Lipinski definition) is 6. The van der Waals surface area contributed by atoms with Gasteiger partial charge < -0.3 is 16.0 Å². The van der Waals surface area contributed by atoms with Crippen molar-refractivity contribution in [2.24, 2.45) is 0 Å². The van der Waals surface area contributed by atoms with Gasteiger partial charge in [0.25, 0.3) is 0 Å². The Morgan fingerprint density at radius 2 is 1.65 bits per heavy atom. The van der Waals surface area contributed by atoms with Crippen LogP contribution in [-0.2, 0) is 6.54 Å². The zero-order valence-corrected chi connectivity index (χ0v) is 18.7. The third-order valence-corrected chi connectivity index (χ3v) is 4.52. The molecule has 4 N–H and O–H groups in total. The van der Waals surface area contributed by atoms with Crippen LogP contribution in [0.4, 0.5) is 11.6 Å². The second-order valence-corrected chi connectivity index (χ2v) is 6.31. The van der Waals surface area contributed by atoms with Gasteiger partial charge in [-0.1, -0.05) is 52.0 Å². The third kappa shape index (κ3) is 4.98. The second-order valence-electron chi connectivity index (χ2n) is 6.31. The monoisotopic (exact) mass is 415 g/mol. The molecule has 7 heteroatoms. The van der Waals surface area contributed by atoms with Crippen LogP contribution in [0.25, 0.3) is 22.4 Å². The van der Waals surface area contributed by atoms with E-state index in [1.807, 2.05) is 75.6 Å². The molecule has 0 atom stereocenters. The molecule has 0 saturated heterocycles. The molecule has 0 fully saturated rings. The molecule has 160 valence electrons. The lowest BCUT2D eigenvalue weighted by atomic mass is 10.00. The fourth-order valence-corrected chi connectivity index (χ4v) is 3.10. The van der Waals surface area contributed by atoms with Gasteiger partial charge in [0.2, 0.25) is 5.95 Å². The summed E-state index contributed by atoms with van der Waals surface area (Å²) in [5, 5.41) is 9.31. The number of nitriles is 1. The Labute approximate surface area is 183 Å². The van der Waals surface area contributed by atoms with Gasteiger partial charge in [-0.15, -0.1) is 0 Å². The van der Waals surface area contributed by atoms with E-state index in [2.05, 4.69) is 21.0 Å². The van der Waals surface area contributed by atoms with Gasteiger partial charge in [0.1, 0.15) is 11.2 Å². The molecule has 0 spiro atoms. The highest BCUT2D eigenvalue weighted by atomic mass is 15.1. The predicted octanol–water partition coefficient (Wildman–Crippen LogP) is 4.94. The summed E-state index contributed by atoms with van der Waals surface area (Å²) in [6.07, 6.45) is 1.72. The molecular formula is C24H29N7. The quantitative estimate of drug-likeness (QED) is 0.457. The van der Waals surface area contributed by atoms with Gasteiger partial charge in [0, 0.05) is 11.3 Å². The molecule has 0 bridgehead atoms. The van der Waals surface area contributed by atoms with Gasteiger partial charge in [0.05, 0.1) is 24.5 Å². The molecular weight excluding hydrogens is 386 g/mol. The van der Waals surface area contributed by atoms with Crippen molar-refractivity contribution in [3.05, 3.63) is 65.5 Å². The van der Waals surface area contributed by atoms with Crippen molar-refractivity contribution in [2.45, 2.75) is 41.2 Å². The zero-order valence-electron chi connectivity index (χ0n) is 18.7. The lowest BCUT2D eigenvalue weighted by molar-refractivity contribution is 0.814. The van der Waals surface area contributed by atoms with Crippen LogP contribution in [0.1, 0.15) is 44.4 Å². The largest absolute Gasteiger partial charge is 0.399 e. The summed E-state index contributed by atoms with van der Waals surface area (Å²) in [4.78, 5) is 13.3. The van der Waals surface area contributed by atoms with Crippen LogP contribution < -0.4 is 11.5 Å². The number of fused-ring (bicyclic) bond motifs is 1. The van der Waals surface area contributed by atoms with Gasteiger partial charge >= 0.3 is 0 Å². The van der Waals surface area contributed by atoms with E-state index in [1.165, 1.54) is 0 Å². The van der Waals surface area contributed by atoms with Crippen molar-refractivity contribution in [3.8, 4) is 17.3 Å². The molecule has 0 aliphatic carbocycles. The molecule has 31 heavy (non-hydrogen) atoms. The van der Waals surface area contributed by atoms with Crippen LogP contribution in [0.5, 0.6) is 0 Å². The van der Waals surface area contributed by atoms with Crippen LogP contribution in [0.15, 0.2) is 48.8 Å². The minimum Gasteiger partial charge on any atom is -0.399 e. The summed E-state index contributed by atoms with van der Waals surface area (Å²) in [6, 6.07) is 15.4. The Hall–Kier alpha value is -3.92. The summed E-state index contributed by atoms with van der Waals surface area (Å²) in [6.45, 7) is 10.5. The number of aromatic nitrogens is 4. The van der Waals surface area contributed by atoms with Crippen LogP contribution in [0.2, 0.25) is 0 Å². The van der Waals surface area contributed by atoms with Crippen molar-refractivity contribution in [2.75, 3.05) is 11.5 Å². The average molecular weight is 416 g/mol. The Balaban J connectivity index is 0.000000807. The number of imidazole rings is 1. The van der Waals surface area contributed by atoms with E-state index in [-0.39, 0.29) is 5.95 Å². The van der Waals surface area contributed by atoms with Gasteiger partial charge in [-0.25, -0.2) is 9.97 Å². The molecule has 2 heterocycles. The zero-order chi connectivity index (χ0) is 23.0. The first-order valence-electron chi connectivity index (χ1n) is 10.4. The first-order chi connectivity index (χ1) is 15.1. The molecule has 4 aromatic rings. The van der Waals surface area contributed by atoms with E-state index >= 15 is 0 Å². The van der Waals surface area contributed by atoms with Gasteiger partial charge in [-0.2, -0.15) is 10.2 Å². The lowest BCUT2D eigenvalue weighted by Crippen LogP contribution is -2.04. The molecule has 0 aliphatic rings. The van der Waals surface area contributed by atoms with E-state index in [0.717, 1.165) is 22.4 Å². The third-order valence-electron chi connectivity index (χ3n) is 4.52. The Bertz CT molecular complexity index is 1190. The van der Waals surface area contributed by atoms with Crippen molar-refractivity contribution >= 4 is 22.8 Å². The Kier molecular flexibility index (Phi) is 8.09. The van der Waals surface area contributed by atoms with Gasteiger partial charge in [-0.05, 0) is 36.2 Å². The SMILES string of the molecule is CC.CC.Cc1c(C#N)cccc1-c1nc(N)nc2c1ncn2Cc1ccc(N)cc1. The second kappa shape index (κ2) is 10.7. The van der Waals surface area contributed by atoms with Gasteiger partial charge in [0.15, 0.2) is 5.65 Å². The first kappa shape index (κ1) is 23.4. The van der Waals surface area contributed by atoms with Crippen LogP contribution >= 0.6 is 0 Å². The van der Waals surface area contributed by atoms with Crippen molar-refractivity contribution in [1.29, 1.82) is 5.26 Å². The predicted molar refractivity (Wildman–Crippen MR) is 127 cm³/mol. The number of nitrogen functional groups attached to an aromatic ring is 2. The smallest absolute Gasteiger partial charge is 0.222 e. The Morgan fingerprint density at radius 1 is 0.968 bits per heavy atom. The number of rotatable bonds is 3. The maximum absolute atomic E-state index is 9.31. The van der Waals surface area contributed by atoms with E-state index in [1.54, 1.807) is 12.4 Å². The van der Waals surface area contributed by atoms with E-state index in [0.29, 0.717) is 29.0 Å². The van der Waals surface area contributed by atoms with Crippen LogP contribution in [-0.4, -0.2) is 19.5 Å². The van der Waals surface area contributed by atoms with Crippen molar-refractivity contribution in [1.82, 2.24) is 19.5 Å². The maximum Gasteiger partial charge on any atom is 0.222 e. The normalized spacial score (nSPS) is 9.81. The number of nitrogens with two attached hydrogens (primary N) is 2. The van der Waals surface area contributed by atoms with E-state index < -0.39 is 0 Å². The summed E-state index contributed by atoms with van der Waals surface area (Å²) in [7, 11) is 0. The number of anilines is 2. The van der Waals surface area contributed by atoms with Crippen LogP contribution in [0.3, 0.4) is 0 Å². The first-order valence-corrected chi connectivity index (χ1v) is 10.4. The van der Waals surface area contributed by atoms with Crippen molar-refractivity contribution < 1.29 is 0 Å². The number of benzene rings is 2. The Morgan fingerprint density at radius 3 is 2.29 bits per heavy atom. The standard InChI is InChI=1S/C20H17N7.2C2H6/c1-12-14(9-21)3-2-4-16(12)17-18-19(26-20(23)25-17)27(11-24-18)10-13-5-7-15(22)8-6-13;2*1-2/h2-8,11H,10,22H2,1H3,(H2,23,25,26);2*1-2H3. The van der Waals surface area contributed by atoms with E-state index in [4.69, 9.17) is 11.5 Å². The summed E-state index contributed by atoms with van der Waals surface area (Å²) < 4.78 is 1.92. The maximum atomic E-state index is 9.31. The minimum atomic E-state index is 0.165. The molecule has 0 radical (unpaired) electrons. The summed E-state index contributed by atoms with van der Waals surface area (Å²) >= 11 is 0. The fraction of sp³-hybridized carbons (Fsp3) is 0.250. The highest BCUT2D eigenvalue weighted by Gasteiger charge is 2.16. The van der Waals surface area contributed by atoms with E-state index in [9.17, 15) is 5.26 Å². The lowest BCUT2D eigenvalue weighted by Gasteiger charge is -2.09. The van der Waals surface area contributed by atoms with Gasteiger partial charge in [-0.3, -0.25) is 0 Å². The minimum absolute atomic E-state index is 0.165. The molecule has 2 aromatic carbocycles. The molecule has 0 amide bonds. The average Bonchev–Trinajstić information content (AvgIpc) is 3.20. The number of hydrogen-bond donors (Lipinski definition) is 2. The van der Waals surface area contributed by atoms with Crippen LogP contribution in [0, 0.1) is 18.3 Å². The molecule has 0 saturated carbocycles. The molecule has 4 rings (SSSR count). The van der Waals surface area contributed by atoms with Crippen molar-refractivity contribution in [3.63, 3.8) is 0 Å². The topological polar surface area (TPSA) is 119 Å². The molecule has 7 nitrogen and oxygen atoms in total. The molecule has 0 unspecified atom stereocenters. The summed E-state index contributed by atoms with van der Waals surface area (Å²) in [5.74, 6) is 0.165. The number of nitrogens with zero attached hydrogens (tertiary/aromatic N) is 5. The fourth-order valence-electron chi connectivity index (χ4n) is 3.10. The highest BCUT2D eigenvalue weighted by molar-refractivity contribution is 5.89.